The second kappa shape index (κ2) is 6.89. The van der Waals surface area contributed by atoms with Gasteiger partial charge < -0.3 is 4.74 Å². The highest BCUT2D eigenvalue weighted by Gasteiger charge is 2.27. The minimum atomic E-state index is -0.496. The molecule has 4 nitrogen and oxygen atoms in total. The van der Waals surface area contributed by atoms with Crippen LogP contribution in [0.1, 0.15) is 39.0 Å². The number of unbranched alkanes of at least 4 members (excludes halogenated alkanes) is 1. The van der Waals surface area contributed by atoms with Crippen molar-refractivity contribution in [3.8, 4) is 0 Å². The fourth-order valence-electron chi connectivity index (χ4n) is 1.60. The molecule has 0 aromatic heterocycles. The lowest BCUT2D eigenvalue weighted by molar-refractivity contribution is -0.127. The number of ether oxygens (including phenoxy) is 1. The zero-order valence-electron chi connectivity index (χ0n) is 9.58. The Hall–Kier alpha value is -0.580. The first-order valence-corrected chi connectivity index (χ1v) is 6.68. The summed E-state index contributed by atoms with van der Waals surface area (Å²) in [7, 11) is 0. The second-order valence-corrected chi connectivity index (χ2v) is 5.23. The molecule has 1 rings (SSSR count). The van der Waals surface area contributed by atoms with Crippen molar-refractivity contribution < 1.29 is 14.3 Å². The van der Waals surface area contributed by atoms with Crippen LogP contribution in [0.3, 0.4) is 0 Å². The molecule has 92 valence electrons. The molecule has 16 heavy (non-hydrogen) atoms. The number of cyclic esters (lactones) is 1. The van der Waals surface area contributed by atoms with Gasteiger partial charge in [0, 0.05) is 11.2 Å². The van der Waals surface area contributed by atoms with Crippen LogP contribution in [0.4, 0.5) is 4.79 Å². The van der Waals surface area contributed by atoms with Crippen molar-refractivity contribution in [3.63, 3.8) is 0 Å². The lowest BCUT2D eigenvalue weighted by Crippen LogP contribution is -2.31. The largest absolute Gasteiger partial charge is 0.447 e. The molecule has 0 bridgehead atoms. The second-order valence-electron chi connectivity index (χ2n) is 3.94. The van der Waals surface area contributed by atoms with E-state index in [0.29, 0.717) is 24.4 Å². The van der Waals surface area contributed by atoms with Crippen LogP contribution in [0.25, 0.3) is 0 Å². The summed E-state index contributed by atoms with van der Waals surface area (Å²) in [6.45, 7) is 2.88. The number of nitrogens with zero attached hydrogens (tertiary/aromatic N) is 1. The molecule has 1 heterocycles. The van der Waals surface area contributed by atoms with Gasteiger partial charge in [-0.15, -0.1) is 0 Å². The standard InChI is InChI=1S/C11H18BrNO3/c1-2-3-4-9(12)5-6-10(14)13-7-8-16-11(13)15/h9H,2-8H2,1H3. The summed E-state index contributed by atoms with van der Waals surface area (Å²) < 4.78 is 4.71. The van der Waals surface area contributed by atoms with Crippen LogP contribution in [0.15, 0.2) is 0 Å². The van der Waals surface area contributed by atoms with Gasteiger partial charge in [0.1, 0.15) is 6.61 Å². The van der Waals surface area contributed by atoms with Gasteiger partial charge in [-0.25, -0.2) is 9.69 Å². The minimum Gasteiger partial charge on any atom is -0.447 e. The Labute approximate surface area is 104 Å². The highest BCUT2D eigenvalue weighted by atomic mass is 79.9. The van der Waals surface area contributed by atoms with E-state index in [9.17, 15) is 9.59 Å². The van der Waals surface area contributed by atoms with E-state index in [1.165, 1.54) is 4.90 Å². The third kappa shape index (κ3) is 4.12. The average molecular weight is 292 g/mol. The van der Waals surface area contributed by atoms with Gasteiger partial charge in [0.05, 0.1) is 6.54 Å². The molecule has 0 aromatic carbocycles. The smallest absolute Gasteiger partial charge is 0.416 e. The lowest BCUT2D eigenvalue weighted by atomic mass is 10.1. The Balaban J connectivity index is 2.21. The van der Waals surface area contributed by atoms with Crippen LogP contribution < -0.4 is 0 Å². The van der Waals surface area contributed by atoms with E-state index in [4.69, 9.17) is 4.74 Å². The number of hydrogen-bond acceptors (Lipinski definition) is 3. The maximum absolute atomic E-state index is 11.6. The molecule has 0 N–H and O–H groups in total. The minimum absolute atomic E-state index is 0.122. The molecule has 5 heteroatoms. The summed E-state index contributed by atoms with van der Waals surface area (Å²) >= 11 is 3.54. The Morgan fingerprint density at radius 2 is 2.31 bits per heavy atom. The summed E-state index contributed by atoms with van der Waals surface area (Å²) in [5.41, 5.74) is 0. The number of halogens is 1. The molecule has 1 aliphatic heterocycles. The number of carbonyl (C=O) groups is 2. The van der Waals surface area contributed by atoms with Crippen LogP contribution in [-0.2, 0) is 9.53 Å². The van der Waals surface area contributed by atoms with Gasteiger partial charge in [0.25, 0.3) is 0 Å². The van der Waals surface area contributed by atoms with Crippen molar-refractivity contribution in [2.75, 3.05) is 13.2 Å². The molecule has 0 radical (unpaired) electrons. The number of alkyl halides is 1. The van der Waals surface area contributed by atoms with Crippen molar-refractivity contribution >= 4 is 27.9 Å². The van der Waals surface area contributed by atoms with E-state index in [2.05, 4.69) is 22.9 Å². The zero-order chi connectivity index (χ0) is 12.0. The Bertz CT molecular complexity index is 258. The maximum Gasteiger partial charge on any atom is 0.416 e. The zero-order valence-corrected chi connectivity index (χ0v) is 11.2. The fraction of sp³-hybridized carbons (Fsp3) is 0.818. The van der Waals surface area contributed by atoms with Crippen molar-refractivity contribution in [2.45, 2.75) is 43.9 Å². The summed E-state index contributed by atoms with van der Waals surface area (Å²) in [5.74, 6) is -0.122. The number of rotatable bonds is 6. The van der Waals surface area contributed by atoms with E-state index < -0.39 is 6.09 Å². The number of carbonyl (C=O) groups excluding carboxylic acids is 2. The van der Waals surface area contributed by atoms with Crippen molar-refractivity contribution in [2.24, 2.45) is 0 Å². The van der Waals surface area contributed by atoms with Crippen LogP contribution >= 0.6 is 15.9 Å². The van der Waals surface area contributed by atoms with Crippen LogP contribution in [0.5, 0.6) is 0 Å². The van der Waals surface area contributed by atoms with Gasteiger partial charge in [0.15, 0.2) is 0 Å². The molecular weight excluding hydrogens is 274 g/mol. The first kappa shape index (κ1) is 13.5. The first-order valence-electron chi connectivity index (χ1n) is 5.76. The number of hydrogen-bond donors (Lipinski definition) is 0. The molecule has 1 unspecified atom stereocenters. The van der Waals surface area contributed by atoms with Crippen molar-refractivity contribution in [1.29, 1.82) is 0 Å². The molecule has 2 amide bonds. The van der Waals surface area contributed by atoms with E-state index in [0.717, 1.165) is 25.7 Å². The van der Waals surface area contributed by atoms with Gasteiger partial charge in [-0.1, -0.05) is 35.7 Å². The molecule has 1 saturated heterocycles. The molecule has 1 aliphatic rings. The van der Waals surface area contributed by atoms with Crippen molar-refractivity contribution in [3.05, 3.63) is 0 Å². The molecule has 0 aliphatic carbocycles. The predicted octanol–water partition coefficient (Wildman–Crippen LogP) is 2.70. The Kier molecular flexibility index (Phi) is 5.80. The van der Waals surface area contributed by atoms with Crippen LogP contribution in [0, 0.1) is 0 Å². The predicted molar refractivity (Wildman–Crippen MR) is 64.5 cm³/mol. The fourth-order valence-corrected chi connectivity index (χ4v) is 2.16. The molecule has 0 saturated carbocycles. The molecule has 0 aromatic rings. The molecule has 0 spiro atoms. The van der Waals surface area contributed by atoms with Gasteiger partial charge in [0.2, 0.25) is 5.91 Å². The highest BCUT2D eigenvalue weighted by molar-refractivity contribution is 9.09. The summed E-state index contributed by atoms with van der Waals surface area (Å²) in [5, 5.41) is 0. The third-order valence-electron chi connectivity index (χ3n) is 2.60. The van der Waals surface area contributed by atoms with Gasteiger partial charge in [-0.2, -0.15) is 0 Å². The van der Waals surface area contributed by atoms with Crippen LogP contribution in [-0.4, -0.2) is 34.9 Å². The highest BCUT2D eigenvalue weighted by Crippen LogP contribution is 2.17. The molecular formula is C11H18BrNO3. The first-order chi connectivity index (χ1) is 7.65. The van der Waals surface area contributed by atoms with E-state index >= 15 is 0 Å². The van der Waals surface area contributed by atoms with E-state index in [-0.39, 0.29) is 5.91 Å². The Morgan fingerprint density at radius 1 is 1.56 bits per heavy atom. The SMILES string of the molecule is CCCCC(Br)CCC(=O)N1CCOC1=O. The quantitative estimate of drug-likeness (QED) is 0.707. The van der Waals surface area contributed by atoms with Crippen LogP contribution in [0.2, 0.25) is 0 Å². The topological polar surface area (TPSA) is 46.6 Å². The normalized spacial score (nSPS) is 17.4. The van der Waals surface area contributed by atoms with Gasteiger partial charge in [-0.05, 0) is 12.8 Å². The van der Waals surface area contributed by atoms with Gasteiger partial charge in [-0.3, -0.25) is 4.79 Å². The summed E-state index contributed by atoms with van der Waals surface area (Å²) in [4.78, 5) is 24.3. The third-order valence-corrected chi connectivity index (χ3v) is 3.52. The molecule has 1 atom stereocenters. The summed E-state index contributed by atoms with van der Waals surface area (Å²) in [6.07, 6.45) is 4.10. The Morgan fingerprint density at radius 3 is 2.88 bits per heavy atom. The number of amides is 2. The number of imide groups is 1. The molecule has 1 fully saturated rings. The van der Waals surface area contributed by atoms with E-state index in [1.807, 2.05) is 0 Å². The average Bonchev–Trinajstić information content (AvgIpc) is 2.69. The lowest BCUT2D eigenvalue weighted by Gasteiger charge is -2.12. The van der Waals surface area contributed by atoms with Gasteiger partial charge >= 0.3 is 6.09 Å². The monoisotopic (exact) mass is 291 g/mol. The van der Waals surface area contributed by atoms with E-state index in [1.54, 1.807) is 0 Å². The van der Waals surface area contributed by atoms with Crippen molar-refractivity contribution in [1.82, 2.24) is 4.90 Å². The summed E-state index contributed by atoms with van der Waals surface area (Å²) in [6, 6.07) is 0. The maximum atomic E-state index is 11.6.